The van der Waals surface area contributed by atoms with E-state index in [0.29, 0.717) is 6.54 Å². The van der Waals surface area contributed by atoms with Crippen LogP contribution in [-0.2, 0) is 4.79 Å². The highest BCUT2D eigenvalue weighted by Gasteiger charge is 2.38. The standard InChI is InChI=1S/C20H27N5O2/c1-20(19(26)23-15-6-8-16(27-4)9-7-15)10-5-11-25(13-20)18-12-17(24(2)3)21-14-22-18/h6-9,12,14H,5,10-11,13H2,1-4H3,(H,23,26)/t20-/m1/s1. The fraction of sp³-hybridized carbons (Fsp3) is 0.450. The summed E-state index contributed by atoms with van der Waals surface area (Å²) in [6.45, 7) is 3.53. The molecule has 1 amide bonds. The summed E-state index contributed by atoms with van der Waals surface area (Å²) in [5, 5.41) is 3.04. The number of benzene rings is 1. The van der Waals surface area contributed by atoms with E-state index >= 15 is 0 Å². The number of rotatable bonds is 5. The van der Waals surface area contributed by atoms with E-state index in [1.807, 2.05) is 56.3 Å². The fourth-order valence-corrected chi connectivity index (χ4v) is 3.33. The van der Waals surface area contributed by atoms with E-state index < -0.39 is 5.41 Å². The Morgan fingerprint density at radius 1 is 1.26 bits per heavy atom. The van der Waals surface area contributed by atoms with Gasteiger partial charge in [0.05, 0.1) is 12.5 Å². The van der Waals surface area contributed by atoms with Crippen LogP contribution in [0.5, 0.6) is 5.75 Å². The SMILES string of the molecule is COc1ccc(NC(=O)[C@]2(C)CCCN(c3cc(N(C)C)ncn3)C2)cc1. The zero-order valence-electron chi connectivity index (χ0n) is 16.4. The van der Waals surface area contributed by atoms with Crippen molar-refractivity contribution in [1.29, 1.82) is 0 Å². The normalized spacial score (nSPS) is 19.5. The van der Waals surface area contributed by atoms with Crippen LogP contribution in [0.3, 0.4) is 0 Å². The molecule has 3 rings (SSSR count). The predicted molar refractivity (Wildman–Crippen MR) is 108 cm³/mol. The van der Waals surface area contributed by atoms with Gasteiger partial charge < -0.3 is 19.9 Å². The molecule has 0 radical (unpaired) electrons. The van der Waals surface area contributed by atoms with Crippen molar-refractivity contribution in [2.45, 2.75) is 19.8 Å². The number of carbonyl (C=O) groups excluding carboxylic acids is 1. The number of hydrogen-bond acceptors (Lipinski definition) is 6. The lowest BCUT2D eigenvalue weighted by molar-refractivity contribution is -0.125. The molecule has 1 fully saturated rings. The van der Waals surface area contributed by atoms with E-state index in [4.69, 9.17) is 4.74 Å². The first-order chi connectivity index (χ1) is 12.9. The molecule has 0 unspecified atom stereocenters. The number of aromatic nitrogens is 2. The molecule has 0 bridgehead atoms. The summed E-state index contributed by atoms with van der Waals surface area (Å²) in [7, 11) is 5.53. The Balaban J connectivity index is 1.72. The summed E-state index contributed by atoms with van der Waals surface area (Å²) in [5.74, 6) is 2.51. The van der Waals surface area contributed by atoms with Gasteiger partial charge in [-0.2, -0.15) is 0 Å². The van der Waals surface area contributed by atoms with Crippen molar-refractivity contribution in [3.8, 4) is 5.75 Å². The topological polar surface area (TPSA) is 70.6 Å². The van der Waals surface area contributed by atoms with Crippen LogP contribution in [0.4, 0.5) is 17.3 Å². The number of amides is 1. The van der Waals surface area contributed by atoms with Crippen molar-refractivity contribution in [2.75, 3.05) is 49.4 Å². The van der Waals surface area contributed by atoms with E-state index in [1.54, 1.807) is 13.4 Å². The van der Waals surface area contributed by atoms with E-state index in [-0.39, 0.29) is 5.91 Å². The molecule has 7 nitrogen and oxygen atoms in total. The number of piperidine rings is 1. The van der Waals surface area contributed by atoms with Crippen LogP contribution in [-0.4, -0.2) is 50.2 Å². The molecule has 1 aliphatic rings. The second-order valence-corrected chi connectivity index (χ2v) is 7.40. The van der Waals surface area contributed by atoms with E-state index in [9.17, 15) is 4.79 Å². The van der Waals surface area contributed by atoms with Gasteiger partial charge in [-0.3, -0.25) is 4.79 Å². The molecular weight excluding hydrogens is 342 g/mol. The zero-order chi connectivity index (χ0) is 19.4. The van der Waals surface area contributed by atoms with Crippen LogP contribution >= 0.6 is 0 Å². The minimum atomic E-state index is -0.485. The van der Waals surface area contributed by atoms with Gasteiger partial charge in [-0.05, 0) is 44.0 Å². The average molecular weight is 369 g/mol. The van der Waals surface area contributed by atoms with Gasteiger partial charge in [0.15, 0.2) is 0 Å². The first-order valence-electron chi connectivity index (χ1n) is 9.11. The second-order valence-electron chi connectivity index (χ2n) is 7.40. The highest BCUT2D eigenvalue weighted by Crippen LogP contribution is 2.33. The maximum absolute atomic E-state index is 13.0. The molecule has 2 heterocycles. The maximum Gasteiger partial charge on any atom is 0.232 e. The molecule has 1 N–H and O–H groups in total. The lowest BCUT2D eigenvalue weighted by atomic mass is 9.81. The Morgan fingerprint density at radius 2 is 2.00 bits per heavy atom. The number of nitrogens with one attached hydrogen (secondary N) is 1. The molecule has 2 aromatic rings. The molecule has 1 aromatic carbocycles. The molecule has 1 aromatic heterocycles. The number of methoxy groups -OCH3 is 1. The summed E-state index contributed by atoms with van der Waals surface area (Å²) in [5.41, 5.74) is 0.289. The Bertz CT molecular complexity index is 793. The monoisotopic (exact) mass is 369 g/mol. The number of anilines is 3. The quantitative estimate of drug-likeness (QED) is 0.874. The van der Waals surface area contributed by atoms with Gasteiger partial charge in [0.2, 0.25) is 5.91 Å². The average Bonchev–Trinajstić information content (AvgIpc) is 2.68. The number of carbonyl (C=O) groups is 1. The molecule has 0 aliphatic carbocycles. The summed E-state index contributed by atoms with van der Waals surface area (Å²) in [6, 6.07) is 9.36. The van der Waals surface area contributed by atoms with Crippen LogP contribution in [0.1, 0.15) is 19.8 Å². The Kier molecular flexibility index (Phi) is 5.48. The van der Waals surface area contributed by atoms with Crippen molar-refractivity contribution < 1.29 is 9.53 Å². The van der Waals surface area contributed by atoms with Gasteiger partial charge >= 0.3 is 0 Å². The molecule has 0 spiro atoms. The predicted octanol–water partition coefficient (Wildman–Crippen LogP) is 2.80. The van der Waals surface area contributed by atoms with Gasteiger partial charge in [0.1, 0.15) is 23.7 Å². The minimum Gasteiger partial charge on any atom is -0.497 e. The van der Waals surface area contributed by atoms with Gasteiger partial charge in [0.25, 0.3) is 0 Å². The van der Waals surface area contributed by atoms with Crippen LogP contribution < -0.4 is 19.9 Å². The van der Waals surface area contributed by atoms with Crippen molar-refractivity contribution in [3.63, 3.8) is 0 Å². The molecule has 1 aliphatic heterocycles. The van der Waals surface area contributed by atoms with Crippen LogP contribution in [0.2, 0.25) is 0 Å². The third-order valence-electron chi connectivity index (χ3n) is 5.01. The van der Waals surface area contributed by atoms with Crippen LogP contribution in [0, 0.1) is 5.41 Å². The van der Waals surface area contributed by atoms with Gasteiger partial charge in [-0.1, -0.05) is 0 Å². The molecule has 1 atom stereocenters. The van der Waals surface area contributed by atoms with Crippen molar-refractivity contribution >= 4 is 23.2 Å². The minimum absolute atomic E-state index is 0.0271. The van der Waals surface area contributed by atoms with Crippen molar-refractivity contribution in [3.05, 3.63) is 36.7 Å². The van der Waals surface area contributed by atoms with Crippen LogP contribution in [0.25, 0.3) is 0 Å². The first kappa shape index (κ1) is 18.9. The number of ether oxygens (including phenoxy) is 1. The fourth-order valence-electron chi connectivity index (χ4n) is 3.33. The van der Waals surface area contributed by atoms with E-state index in [2.05, 4.69) is 20.2 Å². The summed E-state index contributed by atoms with van der Waals surface area (Å²) in [6.07, 6.45) is 3.36. The van der Waals surface area contributed by atoms with Crippen molar-refractivity contribution in [1.82, 2.24) is 9.97 Å². The molecule has 1 saturated heterocycles. The summed E-state index contributed by atoms with van der Waals surface area (Å²) < 4.78 is 5.16. The number of hydrogen-bond donors (Lipinski definition) is 1. The van der Waals surface area contributed by atoms with E-state index in [0.717, 1.165) is 42.5 Å². The summed E-state index contributed by atoms with van der Waals surface area (Å²) >= 11 is 0. The van der Waals surface area contributed by atoms with Gasteiger partial charge in [-0.15, -0.1) is 0 Å². The smallest absolute Gasteiger partial charge is 0.232 e. The highest BCUT2D eigenvalue weighted by atomic mass is 16.5. The molecule has 7 heteroatoms. The molecule has 27 heavy (non-hydrogen) atoms. The third-order valence-corrected chi connectivity index (χ3v) is 5.01. The highest BCUT2D eigenvalue weighted by molar-refractivity contribution is 5.95. The Hall–Kier alpha value is -2.83. The van der Waals surface area contributed by atoms with Crippen molar-refractivity contribution in [2.24, 2.45) is 5.41 Å². The number of nitrogens with zero attached hydrogens (tertiary/aromatic N) is 4. The Labute approximate surface area is 160 Å². The molecule has 144 valence electrons. The third kappa shape index (κ3) is 4.30. The van der Waals surface area contributed by atoms with E-state index in [1.165, 1.54) is 0 Å². The first-order valence-corrected chi connectivity index (χ1v) is 9.11. The molecular formula is C20H27N5O2. The maximum atomic E-state index is 13.0. The second kappa shape index (κ2) is 7.82. The lowest BCUT2D eigenvalue weighted by Crippen LogP contribution is -2.48. The summed E-state index contributed by atoms with van der Waals surface area (Å²) in [4.78, 5) is 25.8. The molecule has 0 saturated carbocycles. The Morgan fingerprint density at radius 3 is 2.67 bits per heavy atom. The van der Waals surface area contributed by atoms with Gasteiger partial charge in [0, 0.05) is 38.9 Å². The van der Waals surface area contributed by atoms with Gasteiger partial charge in [-0.25, -0.2) is 9.97 Å². The van der Waals surface area contributed by atoms with Crippen LogP contribution in [0.15, 0.2) is 36.7 Å². The largest absolute Gasteiger partial charge is 0.497 e. The lowest BCUT2D eigenvalue weighted by Gasteiger charge is -2.40. The zero-order valence-corrected chi connectivity index (χ0v) is 16.4.